The Morgan fingerprint density at radius 1 is 0.308 bits per heavy atom. The smallest absolute Gasteiger partial charge is 0.167 e. The number of ether oxygens (including phenoxy) is 5. The van der Waals surface area contributed by atoms with Crippen LogP contribution in [0.1, 0.15) is 27.8 Å². The molecule has 65 heavy (non-hydrogen) atoms. The van der Waals surface area contributed by atoms with Crippen LogP contribution in [0.4, 0.5) is 0 Å². The monoisotopic (exact) mass is 870 g/mol. The van der Waals surface area contributed by atoms with Crippen molar-refractivity contribution in [3.63, 3.8) is 0 Å². The number of phenols is 2. The fraction of sp³-hybridized carbons (Fsp3) is 0.192. The molecule has 0 unspecified atom stereocenters. The van der Waals surface area contributed by atoms with Crippen LogP contribution in [0.5, 0.6) is 40.2 Å². The summed E-state index contributed by atoms with van der Waals surface area (Å²) in [6.07, 6.45) is 0. The molecule has 0 spiro atoms. The summed E-state index contributed by atoms with van der Waals surface area (Å²) >= 11 is 0. The second-order valence-electron chi connectivity index (χ2n) is 15.3. The van der Waals surface area contributed by atoms with Gasteiger partial charge in [-0.05, 0) is 106 Å². The van der Waals surface area contributed by atoms with Crippen LogP contribution in [0.25, 0.3) is 68.3 Å². The van der Waals surface area contributed by atoms with E-state index in [1.54, 1.807) is 64.8 Å². The molecule has 0 aliphatic heterocycles. The molecule has 0 saturated carbocycles. The highest BCUT2D eigenvalue weighted by atomic mass is 16.5. The number of hydrogen-bond donors (Lipinski definition) is 2. The summed E-state index contributed by atoms with van der Waals surface area (Å²) in [5, 5.41) is 21.3. The molecule has 0 fully saturated rings. The molecule has 2 heterocycles. The Morgan fingerprint density at radius 3 is 0.938 bits per heavy atom. The third kappa shape index (κ3) is 9.94. The van der Waals surface area contributed by atoms with Gasteiger partial charge in [-0.25, -0.2) is 29.9 Å². The van der Waals surface area contributed by atoms with Crippen molar-refractivity contribution in [2.75, 3.05) is 35.5 Å². The molecule has 0 atom stereocenters. The van der Waals surface area contributed by atoms with Gasteiger partial charge in [-0.1, -0.05) is 47.5 Å². The van der Waals surface area contributed by atoms with Gasteiger partial charge in [-0.3, -0.25) is 0 Å². The van der Waals surface area contributed by atoms with Gasteiger partial charge >= 0.3 is 0 Å². The number of phenolic OH excluding ortho intramolecular Hbond substituents is 2. The number of aromatic nitrogens is 6. The number of aromatic hydroxyl groups is 2. The summed E-state index contributed by atoms with van der Waals surface area (Å²) in [6.45, 7) is 10.2. The van der Waals surface area contributed by atoms with E-state index in [0.717, 1.165) is 39.1 Å². The van der Waals surface area contributed by atoms with Gasteiger partial charge in [-0.15, -0.1) is 0 Å². The van der Waals surface area contributed by atoms with Gasteiger partial charge in [0.2, 0.25) is 0 Å². The van der Waals surface area contributed by atoms with Crippen molar-refractivity contribution in [2.45, 2.75) is 34.6 Å². The molecule has 0 amide bonds. The van der Waals surface area contributed by atoms with Gasteiger partial charge in [0.15, 0.2) is 34.9 Å². The van der Waals surface area contributed by atoms with E-state index >= 15 is 0 Å². The van der Waals surface area contributed by atoms with Gasteiger partial charge in [0.25, 0.3) is 0 Å². The van der Waals surface area contributed by atoms with Crippen LogP contribution < -0.4 is 23.7 Å². The Labute approximate surface area is 378 Å². The maximum atomic E-state index is 10.7. The summed E-state index contributed by atoms with van der Waals surface area (Å²) in [5.74, 6) is 5.81. The van der Waals surface area contributed by atoms with Crippen molar-refractivity contribution in [2.24, 2.45) is 0 Å². The highest BCUT2D eigenvalue weighted by Gasteiger charge is 2.20. The van der Waals surface area contributed by atoms with Crippen molar-refractivity contribution in [3.8, 4) is 109 Å². The molecule has 330 valence electrons. The summed E-state index contributed by atoms with van der Waals surface area (Å²) in [4.78, 5) is 28.4. The molecule has 13 heteroatoms. The predicted molar refractivity (Wildman–Crippen MR) is 252 cm³/mol. The third-order valence-corrected chi connectivity index (χ3v) is 10.7. The quantitative estimate of drug-likeness (QED) is 0.126. The van der Waals surface area contributed by atoms with Gasteiger partial charge in [0.05, 0.1) is 52.2 Å². The van der Waals surface area contributed by atoms with E-state index in [1.807, 2.05) is 75.4 Å². The molecule has 13 nitrogen and oxygen atoms in total. The molecule has 0 radical (unpaired) electrons. The van der Waals surface area contributed by atoms with E-state index in [1.165, 1.54) is 24.3 Å². The standard InChI is InChI=1S/C26H25N3O5.C26H25N3O2/c1-15-12-16(31-2)6-9-19(15)24-27-25(20-10-7-17(32-3)13-22(20)30)29-26(28-24)21-11-8-18(33-4)14-23(21)34-5;1-15-6-9-20(17(3)12-15)24-27-25(21-10-7-16(2)13-18(21)4)29-26(28-24)22-11-8-19(31-5)14-23(22)30/h6-14,30H,1-5H3;6-14,30H,1-5H3. The van der Waals surface area contributed by atoms with Crippen molar-refractivity contribution in [3.05, 3.63) is 137 Å². The van der Waals surface area contributed by atoms with Crippen molar-refractivity contribution in [1.29, 1.82) is 0 Å². The average molecular weight is 871 g/mol. The molecule has 0 aliphatic rings. The van der Waals surface area contributed by atoms with Crippen LogP contribution in [0.3, 0.4) is 0 Å². The number of methoxy groups -OCH3 is 5. The minimum absolute atomic E-state index is 0.00408. The number of nitrogens with zero attached hydrogens (tertiary/aromatic N) is 6. The van der Waals surface area contributed by atoms with Crippen LogP contribution in [0.2, 0.25) is 0 Å². The predicted octanol–water partition coefficient (Wildman–Crippen LogP) is 10.7. The van der Waals surface area contributed by atoms with Crippen LogP contribution >= 0.6 is 0 Å². The fourth-order valence-corrected chi connectivity index (χ4v) is 7.26. The normalized spacial score (nSPS) is 10.7. The van der Waals surface area contributed by atoms with Crippen LogP contribution in [0.15, 0.2) is 109 Å². The van der Waals surface area contributed by atoms with Crippen LogP contribution in [-0.2, 0) is 0 Å². The molecule has 0 aliphatic carbocycles. The molecule has 2 N–H and O–H groups in total. The molecule has 6 aromatic carbocycles. The Morgan fingerprint density at radius 2 is 0.600 bits per heavy atom. The Balaban J connectivity index is 0.000000195. The van der Waals surface area contributed by atoms with E-state index in [4.69, 9.17) is 48.6 Å². The lowest BCUT2D eigenvalue weighted by atomic mass is 10.0. The number of benzene rings is 6. The van der Waals surface area contributed by atoms with Crippen molar-refractivity contribution < 1.29 is 33.9 Å². The lowest BCUT2D eigenvalue weighted by Gasteiger charge is -2.14. The van der Waals surface area contributed by atoms with Gasteiger partial charge in [0.1, 0.15) is 40.2 Å². The molecular weight excluding hydrogens is 821 g/mol. The molecular formula is C52H50N6O7. The highest BCUT2D eigenvalue weighted by molar-refractivity contribution is 5.75. The van der Waals surface area contributed by atoms with Crippen molar-refractivity contribution >= 4 is 0 Å². The van der Waals surface area contributed by atoms with Gasteiger partial charge < -0.3 is 33.9 Å². The van der Waals surface area contributed by atoms with Gasteiger partial charge in [0, 0.05) is 34.9 Å². The maximum absolute atomic E-state index is 10.7. The number of hydrogen-bond acceptors (Lipinski definition) is 13. The zero-order chi connectivity index (χ0) is 46.4. The first kappa shape index (κ1) is 45.0. The first-order chi connectivity index (χ1) is 31.3. The number of rotatable bonds is 11. The second kappa shape index (κ2) is 19.5. The number of aryl methyl sites for hydroxylation is 5. The summed E-state index contributed by atoms with van der Waals surface area (Å²) < 4.78 is 26.7. The Hall–Kier alpha value is -8.06. The van der Waals surface area contributed by atoms with Crippen LogP contribution in [0, 0.1) is 34.6 Å². The lowest BCUT2D eigenvalue weighted by molar-refractivity contribution is 0.395. The molecule has 2 aromatic heterocycles. The van der Waals surface area contributed by atoms with Crippen molar-refractivity contribution in [1.82, 2.24) is 29.9 Å². The van der Waals surface area contributed by atoms with E-state index in [9.17, 15) is 10.2 Å². The lowest BCUT2D eigenvalue weighted by Crippen LogP contribution is -2.02. The minimum atomic E-state index is -0.00408. The van der Waals surface area contributed by atoms with E-state index in [-0.39, 0.29) is 11.5 Å². The first-order valence-electron chi connectivity index (χ1n) is 20.6. The average Bonchev–Trinajstić information content (AvgIpc) is 3.30. The summed E-state index contributed by atoms with van der Waals surface area (Å²) in [7, 11) is 7.89. The Kier molecular flexibility index (Phi) is 13.5. The van der Waals surface area contributed by atoms with Gasteiger partial charge in [-0.2, -0.15) is 0 Å². The summed E-state index contributed by atoms with van der Waals surface area (Å²) in [5.41, 5.74) is 9.79. The zero-order valence-corrected chi connectivity index (χ0v) is 38.0. The molecule has 0 bridgehead atoms. The minimum Gasteiger partial charge on any atom is -0.507 e. The fourth-order valence-electron chi connectivity index (χ4n) is 7.26. The third-order valence-electron chi connectivity index (χ3n) is 10.7. The first-order valence-corrected chi connectivity index (χ1v) is 20.6. The Bertz CT molecular complexity index is 2890. The summed E-state index contributed by atoms with van der Waals surface area (Å²) in [6, 6.07) is 33.5. The SMILES string of the molecule is COc1ccc(-c2nc(-c3ccc(C)cc3C)nc(-c3ccc(C)cc3C)n2)c(O)c1.COc1ccc(-c2nc(-c3ccc(OC)cc3O)nc(-c3ccc(OC)cc3OC)n2)c(C)c1. The highest BCUT2D eigenvalue weighted by Crippen LogP contribution is 2.38. The maximum Gasteiger partial charge on any atom is 0.167 e. The topological polar surface area (TPSA) is 164 Å². The zero-order valence-electron chi connectivity index (χ0n) is 38.0. The van der Waals surface area contributed by atoms with E-state index in [2.05, 4.69) is 31.0 Å². The van der Waals surface area contributed by atoms with Crippen LogP contribution in [-0.4, -0.2) is 75.7 Å². The molecule has 8 rings (SSSR count). The molecule has 8 aromatic rings. The molecule has 0 saturated heterocycles. The van der Waals surface area contributed by atoms with E-state index < -0.39 is 0 Å². The largest absolute Gasteiger partial charge is 0.507 e. The van der Waals surface area contributed by atoms with E-state index in [0.29, 0.717) is 74.6 Å². The second-order valence-corrected chi connectivity index (χ2v) is 15.3.